The molecule has 2 aromatic carbocycles. The molecule has 0 unspecified atom stereocenters. The first-order valence-electron chi connectivity index (χ1n) is 6.79. The minimum absolute atomic E-state index is 0.00454. The van der Waals surface area contributed by atoms with Gasteiger partial charge in [0.2, 0.25) is 0 Å². The van der Waals surface area contributed by atoms with Crippen LogP contribution in [0.2, 0.25) is 0 Å². The average molecular weight is 286 g/mol. The number of nitro groups is 1. The Hall–Kier alpha value is -2.40. The molecule has 5 nitrogen and oxygen atoms in total. The average Bonchev–Trinajstić information content (AvgIpc) is 2.48. The minimum atomic E-state index is -0.410. The standard InChI is InChI=1S/C16H18N2O3/c1-3-17(14-6-4-5-12(2)9-14)15-8-7-13(11-19)10-16(15)18(20)21/h4-10,19H,3,11H2,1-2H3. The fourth-order valence-corrected chi connectivity index (χ4v) is 2.33. The van der Waals surface area contributed by atoms with E-state index in [1.54, 1.807) is 12.1 Å². The number of aryl methyl sites for hydroxylation is 1. The van der Waals surface area contributed by atoms with Crippen molar-refractivity contribution in [1.82, 2.24) is 0 Å². The molecule has 0 spiro atoms. The minimum Gasteiger partial charge on any atom is -0.392 e. The van der Waals surface area contributed by atoms with Crippen LogP contribution in [0.25, 0.3) is 0 Å². The Morgan fingerprint density at radius 1 is 1.24 bits per heavy atom. The van der Waals surface area contributed by atoms with Crippen molar-refractivity contribution in [1.29, 1.82) is 0 Å². The molecule has 1 N–H and O–H groups in total. The normalized spacial score (nSPS) is 10.4. The zero-order valence-electron chi connectivity index (χ0n) is 12.1. The first-order valence-corrected chi connectivity index (χ1v) is 6.79. The zero-order valence-corrected chi connectivity index (χ0v) is 12.1. The molecule has 0 saturated heterocycles. The molecule has 0 heterocycles. The number of nitrogens with zero attached hydrogens (tertiary/aromatic N) is 2. The van der Waals surface area contributed by atoms with Gasteiger partial charge in [0.1, 0.15) is 5.69 Å². The van der Waals surface area contributed by atoms with Crippen LogP contribution in [-0.2, 0) is 6.61 Å². The van der Waals surface area contributed by atoms with E-state index in [-0.39, 0.29) is 12.3 Å². The van der Waals surface area contributed by atoms with Gasteiger partial charge in [-0.3, -0.25) is 10.1 Å². The van der Waals surface area contributed by atoms with E-state index < -0.39 is 4.92 Å². The monoisotopic (exact) mass is 286 g/mol. The molecule has 0 radical (unpaired) electrons. The molecule has 5 heteroatoms. The maximum absolute atomic E-state index is 11.3. The lowest BCUT2D eigenvalue weighted by Crippen LogP contribution is -2.17. The van der Waals surface area contributed by atoms with E-state index >= 15 is 0 Å². The summed E-state index contributed by atoms with van der Waals surface area (Å²) in [6.07, 6.45) is 0. The van der Waals surface area contributed by atoms with Gasteiger partial charge in [0, 0.05) is 18.3 Å². The highest BCUT2D eigenvalue weighted by Gasteiger charge is 2.20. The molecule has 21 heavy (non-hydrogen) atoms. The number of aliphatic hydroxyl groups excluding tert-OH is 1. The van der Waals surface area contributed by atoms with E-state index in [0.29, 0.717) is 17.8 Å². The summed E-state index contributed by atoms with van der Waals surface area (Å²) in [5, 5.41) is 20.5. The molecule has 0 atom stereocenters. The van der Waals surface area contributed by atoms with E-state index in [4.69, 9.17) is 5.11 Å². The van der Waals surface area contributed by atoms with Crippen LogP contribution in [0, 0.1) is 17.0 Å². The first kappa shape index (κ1) is 15.0. The maximum Gasteiger partial charge on any atom is 0.293 e. The second kappa shape index (κ2) is 6.37. The number of hydrogen-bond donors (Lipinski definition) is 1. The molecule has 0 saturated carbocycles. The van der Waals surface area contributed by atoms with Gasteiger partial charge in [0.15, 0.2) is 0 Å². The molecule has 0 amide bonds. The van der Waals surface area contributed by atoms with Crippen LogP contribution in [0.5, 0.6) is 0 Å². The van der Waals surface area contributed by atoms with Crippen molar-refractivity contribution in [3.63, 3.8) is 0 Å². The largest absolute Gasteiger partial charge is 0.392 e. The second-order valence-electron chi connectivity index (χ2n) is 4.82. The van der Waals surface area contributed by atoms with Crippen molar-refractivity contribution in [2.45, 2.75) is 20.5 Å². The Morgan fingerprint density at radius 2 is 2.00 bits per heavy atom. The summed E-state index contributed by atoms with van der Waals surface area (Å²) in [6.45, 7) is 4.34. The van der Waals surface area contributed by atoms with Gasteiger partial charge in [-0.2, -0.15) is 0 Å². The van der Waals surface area contributed by atoms with Gasteiger partial charge in [0.05, 0.1) is 11.5 Å². The van der Waals surface area contributed by atoms with Gasteiger partial charge in [-0.25, -0.2) is 0 Å². The highest BCUT2D eigenvalue weighted by Crippen LogP contribution is 2.34. The molecule has 0 bridgehead atoms. The maximum atomic E-state index is 11.3. The molecule has 0 aliphatic rings. The third-order valence-electron chi connectivity index (χ3n) is 3.34. The van der Waals surface area contributed by atoms with E-state index in [1.807, 2.05) is 43.0 Å². The highest BCUT2D eigenvalue weighted by molar-refractivity contribution is 5.72. The van der Waals surface area contributed by atoms with Gasteiger partial charge in [0.25, 0.3) is 5.69 Å². The van der Waals surface area contributed by atoms with Crippen molar-refractivity contribution in [2.75, 3.05) is 11.4 Å². The predicted molar refractivity (Wildman–Crippen MR) is 82.9 cm³/mol. The van der Waals surface area contributed by atoms with Gasteiger partial charge in [-0.05, 0) is 43.2 Å². The van der Waals surface area contributed by atoms with Crippen LogP contribution in [0.3, 0.4) is 0 Å². The van der Waals surface area contributed by atoms with Crippen molar-refractivity contribution < 1.29 is 10.0 Å². The van der Waals surface area contributed by atoms with Crippen molar-refractivity contribution in [3.8, 4) is 0 Å². The van der Waals surface area contributed by atoms with Crippen molar-refractivity contribution in [3.05, 3.63) is 63.7 Å². The van der Waals surface area contributed by atoms with Crippen molar-refractivity contribution >= 4 is 17.1 Å². The lowest BCUT2D eigenvalue weighted by atomic mass is 10.1. The molecule has 110 valence electrons. The SMILES string of the molecule is CCN(c1cccc(C)c1)c1ccc(CO)cc1[N+](=O)[O-]. The lowest BCUT2D eigenvalue weighted by molar-refractivity contribution is -0.384. The van der Waals surface area contributed by atoms with Crippen LogP contribution >= 0.6 is 0 Å². The van der Waals surface area contributed by atoms with E-state index in [0.717, 1.165) is 11.3 Å². The third-order valence-corrected chi connectivity index (χ3v) is 3.34. The molecule has 0 aliphatic carbocycles. The Morgan fingerprint density at radius 3 is 2.57 bits per heavy atom. The quantitative estimate of drug-likeness (QED) is 0.674. The topological polar surface area (TPSA) is 66.6 Å². The van der Waals surface area contributed by atoms with Gasteiger partial charge < -0.3 is 10.0 Å². The van der Waals surface area contributed by atoms with Crippen molar-refractivity contribution in [2.24, 2.45) is 0 Å². The van der Waals surface area contributed by atoms with Crippen LogP contribution in [0.1, 0.15) is 18.1 Å². The summed E-state index contributed by atoms with van der Waals surface area (Å²) in [4.78, 5) is 12.8. The molecule has 0 aromatic heterocycles. The summed E-state index contributed by atoms with van der Waals surface area (Å²) in [6, 6.07) is 12.7. The summed E-state index contributed by atoms with van der Waals surface area (Å²) in [7, 11) is 0. The molecule has 2 rings (SSSR count). The lowest BCUT2D eigenvalue weighted by Gasteiger charge is -2.23. The van der Waals surface area contributed by atoms with Crippen LogP contribution in [0.15, 0.2) is 42.5 Å². The fraction of sp³-hybridized carbons (Fsp3) is 0.250. The molecule has 2 aromatic rings. The predicted octanol–water partition coefficient (Wildman–Crippen LogP) is 3.55. The Bertz CT molecular complexity index is 656. The van der Waals surface area contributed by atoms with Gasteiger partial charge in [-0.1, -0.05) is 18.2 Å². The summed E-state index contributed by atoms with van der Waals surface area (Å²) >= 11 is 0. The Balaban J connectivity index is 2.54. The Labute approximate surface area is 123 Å². The number of anilines is 2. The Kier molecular flexibility index (Phi) is 4.55. The summed E-state index contributed by atoms with van der Waals surface area (Å²) < 4.78 is 0. The second-order valence-corrected chi connectivity index (χ2v) is 4.82. The summed E-state index contributed by atoms with van der Waals surface area (Å²) in [5.41, 5.74) is 3.08. The van der Waals surface area contributed by atoms with Crippen LogP contribution in [-0.4, -0.2) is 16.6 Å². The molecule has 0 aliphatic heterocycles. The van der Waals surface area contributed by atoms with E-state index in [1.165, 1.54) is 6.07 Å². The molecular weight excluding hydrogens is 268 g/mol. The fourth-order valence-electron chi connectivity index (χ4n) is 2.33. The summed E-state index contributed by atoms with van der Waals surface area (Å²) in [5.74, 6) is 0. The smallest absolute Gasteiger partial charge is 0.293 e. The number of hydrogen-bond acceptors (Lipinski definition) is 4. The number of rotatable bonds is 5. The van der Waals surface area contributed by atoms with Crippen LogP contribution in [0.4, 0.5) is 17.1 Å². The number of aliphatic hydroxyl groups is 1. The van der Waals surface area contributed by atoms with Gasteiger partial charge >= 0.3 is 0 Å². The molecular formula is C16H18N2O3. The third kappa shape index (κ3) is 3.20. The first-order chi connectivity index (χ1) is 10.1. The van der Waals surface area contributed by atoms with E-state index in [2.05, 4.69) is 0 Å². The highest BCUT2D eigenvalue weighted by atomic mass is 16.6. The molecule has 0 fully saturated rings. The zero-order chi connectivity index (χ0) is 15.4. The van der Waals surface area contributed by atoms with E-state index in [9.17, 15) is 10.1 Å². The number of benzene rings is 2. The number of nitro benzene ring substituents is 1. The van der Waals surface area contributed by atoms with Crippen LogP contribution < -0.4 is 4.90 Å². The van der Waals surface area contributed by atoms with Gasteiger partial charge in [-0.15, -0.1) is 0 Å².